The first kappa shape index (κ1) is 28.3. The van der Waals surface area contributed by atoms with Gasteiger partial charge >= 0.3 is 5.97 Å². The number of alkyl halides is 2. The van der Waals surface area contributed by atoms with Crippen LogP contribution in [-0.4, -0.2) is 78.0 Å². The first-order chi connectivity index (χ1) is 17.3. The van der Waals surface area contributed by atoms with E-state index in [2.05, 4.69) is 16.0 Å². The Labute approximate surface area is 216 Å². The van der Waals surface area contributed by atoms with Gasteiger partial charge < -0.3 is 30.3 Å². The summed E-state index contributed by atoms with van der Waals surface area (Å²) in [7, 11) is 0. The molecule has 2 unspecified atom stereocenters. The molecule has 2 heterocycles. The van der Waals surface area contributed by atoms with Gasteiger partial charge in [0, 0.05) is 25.5 Å². The Hall–Kier alpha value is -3.32. The lowest BCUT2D eigenvalue weighted by Gasteiger charge is -2.28. The summed E-state index contributed by atoms with van der Waals surface area (Å²) in [5.41, 5.74) is 0.344. The van der Waals surface area contributed by atoms with Gasteiger partial charge in [0.15, 0.2) is 0 Å². The van der Waals surface area contributed by atoms with E-state index in [1.54, 1.807) is 6.92 Å². The normalized spacial score (nSPS) is 23.2. The number of hydrogen-bond donors (Lipinski definition) is 3. The van der Waals surface area contributed by atoms with E-state index in [0.29, 0.717) is 4.90 Å². The van der Waals surface area contributed by atoms with Gasteiger partial charge in [-0.1, -0.05) is 11.6 Å². The van der Waals surface area contributed by atoms with Crippen molar-refractivity contribution in [3.63, 3.8) is 0 Å². The highest BCUT2D eigenvalue weighted by atomic mass is 35.5. The number of cyclic esters (lactones) is 1. The quantitative estimate of drug-likeness (QED) is 0.420. The van der Waals surface area contributed by atoms with Gasteiger partial charge in [0.25, 0.3) is 11.8 Å². The predicted molar refractivity (Wildman–Crippen MR) is 126 cm³/mol. The lowest BCUT2D eigenvalue weighted by molar-refractivity contribution is -0.164. The van der Waals surface area contributed by atoms with E-state index in [1.807, 2.05) is 0 Å². The van der Waals surface area contributed by atoms with Crippen LogP contribution in [0.2, 0.25) is 5.02 Å². The molecule has 1 aromatic rings. The largest absolute Gasteiger partial charge is 0.433 e. The van der Waals surface area contributed by atoms with Crippen molar-refractivity contribution in [1.82, 2.24) is 15.5 Å². The van der Waals surface area contributed by atoms with Gasteiger partial charge in [-0.3, -0.25) is 24.0 Å². The molecule has 11 nitrogen and oxygen atoms in total. The van der Waals surface area contributed by atoms with E-state index in [-0.39, 0.29) is 35.2 Å². The Morgan fingerprint density at radius 2 is 2.00 bits per heavy atom. The van der Waals surface area contributed by atoms with Crippen molar-refractivity contribution >= 4 is 46.9 Å². The van der Waals surface area contributed by atoms with Crippen LogP contribution in [0, 0.1) is 0 Å². The van der Waals surface area contributed by atoms with Gasteiger partial charge in [-0.25, -0.2) is 8.78 Å². The zero-order valence-electron chi connectivity index (χ0n) is 20.3. The molecule has 0 saturated carbocycles. The number of ether oxygens (including phenoxy) is 2. The van der Waals surface area contributed by atoms with Crippen LogP contribution in [0.5, 0.6) is 0 Å². The van der Waals surface area contributed by atoms with Gasteiger partial charge in [-0.2, -0.15) is 0 Å². The van der Waals surface area contributed by atoms with Crippen LogP contribution in [0.4, 0.5) is 14.5 Å². The molecule has 37 heavy (non-hydrogen) atoms. The highest BCUT2D eigenvalue weighted by molar-refractivity contribution is 6.34. The maximum absolute atomic E-state index is 14.3. The second-order valence-electron chi connectivity index (χ2n) is 8.75. The number of esters is 1. The Balaban J connectivity index is 1.68. The highest BCUT2D eigenvalue weighted by Gasteiger charge is 2.51. The van der Waals surface area contributed by atoms with Crippen molar-refractivity contribution in [3.8, 4) is 0 Å². The number of halogens is 3. The zero-order valence-corrected chi connectivity index (χ0v) is 21.1. The first-order valence-corrected chi connectivity index (χ1v) is 11.9. The molecular formula is C23H27ClF2N4O7. The average molecular weight is 545 g/mol. The van der Waals surface area contributed by atoms with Crippen molar-refractivity contribution in [2.75, 3.05) is 18.5 Å². The molecule has 14 heteroatoms. The minimum Gasteiger partial charge on any atom is -0.433 e. The molecule has 0 spiro atoms. The van der Waals surface area contributed by atoms with Crippen LogP contribution in [-0.2, 0) is 28.7 Å². The van der Waals surface area contributed by atoms with Crippen molar-refractivity contribution in [2.45, 2.75) is 64.0 Å². The minimum atomic E-state index is -3.34. The van der Waals surface area contributed by atoms with Gasteiger partial charge in [-0.05, 0) is 32.0 Å². The van der Waals surface area contributed by atoms with Crippen molar-refractivity contribution in [1.29, 1.82) is 0 Å². The van der Waals surface area contributed by atoms with Crippen LogP contribution < -0.4 is 16.0 Å². The summed E-state index contributed by atoms with van der Waals surface area (Å²) in [5, 5.41) is 7.45. The number of nitrogens with zero attached hydrogens (tertiary/aromatic N) is 1. The van der Waals surface area contributed by atoms with Crippen LogP contribution in [0.25, 0.3) is 0 Å². The average Bonchev–Trinajstić information content (AvgIpc) is 3.32. The predicted octanol–water partition coefficient (Wildman–Crippen LogP) is 1.45. The fourth-order valence-corrected chi connectivity index (χ4v) is 4.30. The molecule has 2 aliphatic rings. The molecule has 3 rings (SSSR count). The van der Waals surface area contributed by atoms with Crippen molar-refractivity contribution < 1.29 is 42.2 Å². The number of hydrogen-bond acceptors (Lipinski definition) is 7. The van der Waals surface area contributed by atoms with E-state index in [4.69, 9.17) is 21.1 Å². The van der Waals surface area contributed by atoms with Gasteiger partial charge in [0.05, 0.1) is 23.7 Å². The number of nitrogens with one attached hydrogen (secondary N) is 3. The first-order valence-electron chi connectivity index (χ1n) is 11.5. The van der Waals surface area contributed by atoms with Gasteiger partial charge in [0.1, 0.15) is 18.1 Å². The smallest absolute Gasteiger partial charge is 0.310 e. The molecule has 4 amide bonds. The molecule has 3 N–H and O–H groups in total. The third kappa shape index (κ3) is 6.92. The van der Waals surface area contributed by atoms with Crippen LogP contribution in [0.1, 0.15) is 44.0 Å². The number of anilines is 1. The molecular weight excluding hydrogens is 518 g/mol. The third-order valence-corrected chi connectivity index (χ3v) is 6.05. The SMILES string of the molecule is CCOC1OC(=O)CC1NC(=O)[C@@H]1CC(F)(F)CN1C(=O)[C@H](C)NC(=O)c1ccc(NC(C)=O)c(Cl)c1. The van der Waals surface area contributed by atoms with Crippen molar-refractivity contribution in [2.24, 2.45) is 0 Å². The van der Waals surface area contributed by atoms with E-state index in [0.717, 1.165) is 0 Å². The number of likely N-dealkylation sites (tertiary alicyclic amines) is 1. The molecule has 0 aliphatic carbocycles. The molecule has 2 fully saturated rings. The standard InChI is InChI=1S/C23H27ClF2N4O7/c1-4-36-22-16(8-18(32)37-22)29-20(34)17-9-23(25,26)10-30(17)21(35)11(2)27-19(33)13-5-6-15(14(24)7-13)28-12(3)31/h5-7,11,16-17,22H,4,8-10H2,1-3H3,(H,27,33)(H,28,31)(H,29,34)/t11-,16?,17-,22?/m0/s1. The second-order valence-corrected chi connectivity index (χ2v) is 9.15. The minimum absolute atomic E-state index is 0.0627. The summed E-state index contributed by atoms with van der Waals surface area (Å²) in [6.45, 7) is 3.42. The Morgan fingerprint density at radius 1 is 1.30 bits per heavy atom. The lowest BCUT2D eigenvalue weighted by Crippen LogP contribution is -2.54. The maximum atomic E-state index is 14.3. The van der Waals surface area contributed by atoms with Crippen molar-refractivity contribution in [3.05, 3.63) is 28.8 Å². The zero-order chi connectivity index (χ0) is 27.5. The molecule has 2 aliphatic heterocycles. The van der Waals surface area contributed by atoms with Crippen LogP contribution >= 0.6 is 11.6 Å². The number of carbonyl (C=O) groups excluding carboxylic acids is 5. The molecule has 1 aromatic carbocycles. The second kappa shape index (κ2) is 11.4. The number of benzene rings is 1. The Kier molecular flexibility index (Phi) is 8.69. The van der Waals surface area contributed by atoms with Gasteiger partial charge in [-0.15, -0.1) is 0 Å². The summed E-state index contributed by atoms with van der Waals surface area (Å²) in [5.74, 6) is -6.82. The monoisotopic (exact) mass is 544 g/mol. The third-order valence-electron chi connectivity index (χ3n) is 5.74. The van der Waals surface area contributed by atoms with E-state index < -0.39 is 67.0 Å². The summed E-state index contributed by atoms with van der Waals surface area (Å²) in [6, 6.07) is 0.348. The topological polar surface area (TPSA) is 143 Å². The summed E-state index contributed by atoms with van der Waals surface area (Å²) in [4.78, 5) is 62.1. The van der Waals surface area contributed by atoms with E-state index >= 15 is 0 Å². The molecule has 2 saturated heterocycles. The summed E-state index contributed by atoms with van der Waals surface area (Å²) in [6.07, 6.45) is -2.19. The van der Waals surface area contributed by atoms with Crippen LogP contribution in [0.15, 0.2) is 18.2 Å². The fraction of sp³-hybridized carbons (Fsp3) is 0.522. The fourth-order valence-electron chi connectivity index (χ4n) is 4.07. The Morgan fingerprint density at radius 3 is 2.62 bits per heavy atom. The van der Waals surface area contributed by atoms with E-state index in [9.17, 15) is 32.8 Å². The lowest BCUT2D eigenvalue weighted by atomic mass is 10.1. The number of amides is 4. The molecule has 0 aromatic heterocycles. The van der Waals surface area contributed by atoms with Gasteiger partial charge in [0.2, 0.25) is 24.0 Å². The van der Waals surface area contributed by atoms with E-state index in [1.165, 1.54) is 32.0 Å². The van der Waals surface area contributed by atoms with Crippen LogP contribution in [0.3, 0.4) is 0 Å². The molecule has 0 radical (unpaired) electrons. The molecule has 0 bridgehead atoms. The molecule has 4 atom stereocenters. The number of rotatable bonds is 8. The number of carbonyl (C=O) groups is 5. The summed E-state index contributed by atoms with van der Waals surface area (Å²) >= 11 is 6.08. The molecule has 202 valence electrons. The highest BCUT2D eigenvalue weighted by Crippen LogP contribution is 2.33. The Bertz CT molecular complexity index is 1100. The maximum Gasteiger partial charge on any atom is 0.310 e. The summed E-state index contributed by atoms with van der Waals surface area (Å²) < 4.78 is 38.8.